The average molecular weight is 700 g/mol. The van der Waals surface area contributed by atoms with E-state index in [1.165, 1.54) is 91.2 Å². The van der Waals surface area contributed by atoms with E-state index in [4.69, 9.17) is 0 Å². The van der Waals surface area contributed by atoms with Crippen LogP contribution in [0.15, 0.2) is 53.1 Å². The molecule has 0 aliphatic heterocycles. The Morgan fingerprint density at radius 1 is 0.829 bits per heavy atom. The number of halogens is 2. The fourth-order valence-electron chi connectivity index (χ4n) is 4.55. The van der Waals surface area contributed by atoms with E-state index < -0.39 is 0 Å². The normalized spacial score (nSPS) is 14.0. The van der Waals surface area contributed by atoms with Gasteiger partial charge in [0.2, 0.25) is 0 Å². The van der Waals surface area contributed by atoms with Crippen molar-refractivity contribution in [2.75, 3.05) is 12.3 Å². The summed E-state index contributed by atoms with van der Waals surface area (Å²) in [7, 11) is 0.0642. The van der Waals surface area contributed by atoms with Gasteiger partial charge in [-0.05, 0) is 25.2 Å². The van der Waals surface area contributed by atoms with Crippen molar-refractivity contribution in [2.24, 2.45) is 5.41 Å². The minimum Gasteiger partial charge on any atom is -1.00 e. The summed E-state index contributed by atoms with van der Waals surface area (Å²) in [6.45, 7) is 15.5. The van der Waals surface area contributed by atoms with Gasteiger partial charge in [-0.15, -0.1) is 47.3 Å². The first-order chi connectivity index (χ1) is 15.3. The number of rotatable bonds is 11. The van der Waals surface area contributed by atoms with Crippen LogP contribution in [0.3, 0.4) is 0 Å². The fraction of sp³-hybridized carbons (Fsp3) is 0.581. The quantitative estimate of drug-likeness (QED) is 0.144. The molecule has 0 radical (unpaired) electrons. The molecule has 3 rings (SSSR count). The summed E-state index contributed by atoms with van der Waals surface area (Å²) in [5, 5.41) is 4.53. The molecule has 0 fully saturated rings. The van der Waals surface area contributed by atoms with Crippen molar-refractivity contribution in [3.05, 3.63) is 59.2 Å². The second-order valence-electron chi connectivity index (χ2n) is 10.1. The Bertz CT molecular complexity index is 849. The van der Waals surface area contributed by atoms with Crippen molar-refractivity contribution >= 4 is 24.0 Å². The van der Waals surface area contributed by atoms with Gasteiger partial charge < -0.3 is 24.8 Å². The number of hydrogen-bond donors (Lipinski definition) is 0. The summed E-state index contributed by atoms with van der Waals surface area (Å²) in [5.74, 6) is 0. The summed E-state index contributed by atoms with van der Waals surface area (Å²) in [5.41, 5.74) is 4.39. The second kappa shape index (κ2) is 19.3. The van der Waals surface area contributed by atoms with Gasteiger partial charge in [-0.3, -0.25) is 6.08 Å². The van der Waals surface area contributed by atoms with Gasteiger partial charge in [0, 0.05) is 0 Å². The maximum Gasteiger partial charge on any atom is 4.00 e. The third-order valence-electron chi connectivity index (χ3n) is 7.09. The first-order valence-electron chi connectivity index (χ1n) is 13.0. The van der Waals surface area contributed by atoms with Crippen molar-refractivity contribution in [2.45, 2.75) is 99.8 Å². The third-order valence-corrected chi connectivity index (χ3v) is 9.79. The van der Waals surface area contributed by atoms with Gasteiger partial charge in [-0.1, -0.05) is 99.5 Å². The molecule has 194 valence electrons. The predicted octanol–water partition coefficient (Wildman–Crippen LogP) is 3.94. The Morgan fingerprint density at radius 2 is 1.37 bits per heavy atom. The van der Waals surface area contributed by atoms with E-state index in [9.17, 15) is 0 Å². The molecule has 0 saturated heterocycles. The van der Waals surface area contributed by atoms with Gasteiger partial charge in [0.1, 0.15) is 0 Å². The van der Waals surface area contributed by atoms with Crippen LogP contribution in [0.2, 0.25) is 0 Å². The molecule has 0 atom stereocenters. The van der Waals surface area contributed by atoms with Crippen LogP contribution < -0.4 is 30.1 Å². The molecule has 1 aliphatic carbocycles. The first-order valence-corrected chi connectivity index (χ1v) is 14.7. The molecule has 0 aromatic heterocycles. The van der Waals surface area contributed by atoms with Crippen LogP contribution in [-0.2, 0) is 25.8 Å². The SMILES string of the molecule is CC1=[C-]C(C)(C)C(C)=C1C.CCCCCCP(CCCCCC)c1cc2ccccc2[cH-]1.[Cl-].[Cl-].[Hf+4]. The van der Waals surface area contributed by atoms with Gasteiger partial charge >= 0.3 is 25.8 Å². The molecule has 4 heteroatoms. The second-order valence-corrected chi connectivity index (χ2v) is 12.6. The smallest absolute Gasteiger partial charge is 1.00 e. The first kappa shape index (κ1) is 37.3. The molecular weight excluding hydrogens is 653 g/mol. The van der Waals surface area contributed by atoms with Gasteiger partial charge in [-0.25, -0.2) is 5.57 Å². The zero-order valence-corrected chi connectivity index (χ0v) is 29.2. The van der Waals surface area contributed by atoms with E-state index in [0.29, 0.717) is 0 Å². The monoisotopic (exact) mass is 700 g/mol. The Morgan fingerprint density at radius 3 is 1.77 bits per heavy atom. The van der Waals surface area contributed by atoms with Crippen LogP contribution in [0.5, 0.6) is 0 Å². The Labute approximate surface area is 249 Å². The molecule has 0 N–H and O–H groups in total. The number of unbranched alkanes of at least 4 members (excludes halogenated alkanes) is 6. The average Bonchev–Trinajstić information content (AvgIpc) is 3.27. The molecule has 0 saturated carbocycles. The Hall–Kier alpha value is 0.190. The minimum absolute atomic E-state index is 0. The summed E-state index contributed by atoms with van der Waals surface area (Å²) >= 11 is 0. The van der Waals surface area contributed by atoms with E-state index in [2.05, 4.69) is 90.9 Å². The van der Waals surface area contributed by atoms with Gasteiger partial charge in [0.15, 0.2) is 0 Å². The largest absolute Gasteiger partial charge is 4.00 e. The molecule has 2 aromatic carbocycles. The molecule has 0 heterocycles. The van der Waals surface area contributed by atoms with Crippen LogP contribution in [0.25, 0.3) is 10.8 Å². The molecule has 1 aliphatic rings. The van der Waals surface area contributed by atoms with Crippen LogP contribution >= 0.6 is 7.92 Å². The van der Waals surface area contributed by atoms with Gasteiger partial charge in [-0.2, -0.15) is 17.2 Å². The maximum atomic E-state index is 3.44. The van der Waals surface area contributed by atoms with Gasteiger partial charge in [0.05, 0.1) is 0 Å². The van der Waals surface area contributed by atoms with Gasteiger partial charge in [0.25, 0.3) is 0 Å². The number of benzene rings is 1. The minimum atomic E-state index is 0. The van der Waals surface area contributed by atoms with Crippen LogP contribution in [0.1, 0.15) is 99.8 Å². The number of fused-ring (bicyclic) bond motifs is 1. The zero-order chi connectivity index (χ0) is 23.6. The topological polar surface area (TPSA) is 0 Å². The van der Waals surface area contributed by atoms with Crippen LogP contribution in [-0.4, -0.2) is 12.3 Å². The molecule has 35 heavy (non-hydrogen) atoms. The summed E-state index contributed by atoms with van der Waals surface area (Å²) in [4.78, 5) is 0. The van der Waals surface area contributed by atoms with Crippen molar-refractivity contribution in [3.63, 3.8) is 0 Å². The third kappa shape index (κ3) is 12.1. The van der Waals surface area contributed by atoms with Crippen LogP contribution in [0, 0.1) is 11.5 Å². The molecule has 0 amide bonds. The van der Waals surface area contributed by atoms with E-state index in [1.54, 1.807) is 5.30 Å². The summed E-state index contributed by atoms with van der Waals surface area (Å²) < 4.78 is 0. The number of allylic oxidation sites excluding steroid dienone is 4. The molecular formula is C31H47Cl2HfP. The number of hydrogen-bond acceptors (Lipinski definition) is 0. The van der Waals surface area contributed by atoms with Crippen molar-refractivity contribution in [3.8, 4) is 0 Å². The molecule has 0 nitrogen and oxygen atoms in total. The van der Waals surface area contributed by atoms with E-state index in [-0.39, 0.29) is 64.0 Å². The van der Waals surface area contributed by atoms with E-state index in [1.807, 2.05) is 0 Å². The van der Waals surface area contributed by atoms with E-state index >= 15 is 0 Å². The summed E-state index contributed by atoms with van der Waals surface area (Å²) in [6.07, 6.45) is 17.5. The Balaban J connectivity index is 0. The molecule has 0 spiro atoms. The zero-order valence-electron chi connectivity index (χ0n) is 23.2. The van der Waals surface area contributed by atoms with Crippen molar-refractivity contribution < 1.29 is 50.7 Å². The Kier molecular flexibility index (Phi) is 20.6. The maximum absolute atomic E-state index is 3.44. The molecule has 2 aromatic rings. The van der Waals surface area contributed by atoms with Crippen molar-refractivity contribution in [1.29, 1.82) is 0 Å². The molecule has 0 bridgehead atoms. The standard InChI is InChI=1S/C21H32P.C10H15.2ClH.Hf/c1-3-5-7-11-15-22(16-12-8-6-4-2)21-17-19-13-9-10-14-20(19)18-21;1-7-6-10(4,5)9(3)8(7)2;;;/h9-10,13-14,17-18H,3-8,11-12,15-16H2,1-2H3;1-5H3;2*1H;/q2*-1;;;+4/p-2. The van der Waals surface area contributed by atoms with E-state index in [0.717, 1.165) is 0 Å². The predicted molar refractivity (Wildman–Crippen MR) is 149 cm³/mol. The fourth-order valence-corrected chi connectivity index (χ4v) is 7.15. The van der Waals surface area contributed by atoms with Crippen LogP contribution in [0.4, 0.5) is 0 Å². The van der Waals surface area contributed by atoms with Crippen molar-refractivity contribution in [1.82, 2.24) is 0 Å². The summed E-state index contributed by atoms with van der Waals surface area (Å²) in [6, 6.07) is 13.8. The molecule has 0 unspecified atom stereocenters.